The fourth-order valence-corrected chi connectivity index (χ4v) is 1.51. The van der Waals surface area contributed by atoms with Crippen LogP contribution in [0, 0.1) is 0 Å². The quantitative estimate of drug-likeness (QED) is 0.626. The molecule has 0 heterocycles. The van der Waals surface area contributed by atoms with E-state index in [0.29, 0.717) is 5.19 Å². The Morgan fingerprint density at radius 2 is 1.82 bits per heavy atom. The van der Waals surface area contributed by atoms with Crippen molar-refractivity contribution in [3.8, 4) is 0 Å². The Morgan fingerprint density at radius 3 is 2.27 bits per heavy atom. The molecule has 0 atom stereocenters. The average Bonchev–Trinajstić information content (AvgIpc) is 2.05. The lowest BCUT2D eigenvalue weighted by Crippen LogP contribution is -2.34. The first kappa shape index (κ1) is 7.81. The van der Waals surface area contributed by atoms with E-state index in [2.05, 4.69) is 0 Å². The molecule has 2 N–H and O–H groups in total. The Morgan fingerprint density at radius 1 is 1.27 bits per heavy atom. The maximum Gasteiger partial charge on any atom is 0.411 e. The lowest BCUT2D eigenvalue weighted by Gasteiger charge is -1.91. The van der Waals surface area contributed by atoms with Crippen LogP contribution in [0.3, 0.4) is 0 Å². The van der Waals surface area contributed by atoms with Gasteiger partial charge in [0, 0.05) is 5.19 Å². The van der Waals surface area contributed by atoms with Crippen molar-refractivity contribution in [2.75, 3.05) is 0 Å². The van der Waals surface area contributed by atoms with Crippen LogP contribution in [-0.4, -0.2) is 14.2 Å². The highest BCUT2D eigenvalue weighted by Crippen LogP contribution is 1.82. The van der Waals surface area contributed by atoms with Gasteiger partial charge in [0.05, 0.1) is 0 Å². The van der Waals surface area contributed by atoms with Crippen LogP contribution < -0.4 is 10.9 Å². The maximum atomic E-state index is 11.1. The highest BCUT2D eigenvalue weighted by Gasteiger charge is 2.14. The van der Waals surface area contributed by atoms with E-state index in [0.717, 1.165) is 0 Å². The lowest BCUT2D eigenvalue weighted by molar-refractivity contribution is 0.264. The fourth-order valence-electron chi connectivity index (χ4n) is 0.732. The van der Waals surface area contributed by atoms with Crippen molar-refractivity contribution in [2.45, 2.75) is 0 Å². The zero-order chi connectivity index (χ0) is 8.27. The molecule has 1 rings (SSSR count). The standard InChI is InChI=1S/C7H7NO2Si/c8-7(9)11(10)6-4-2-1-3-5-6/h1-5H,(H2,8,9). The van der Waals surface area contributed by atoms with E-state index in [4.69, 9.17) is 5.73 Å². The van der Waals surface area contributed by atoms with E-state index in [9.17, 15) is 9.26 Å². The van der Waals surface area contributed by atoms with Crippen LogP contribution in [0.4, 0.5) is 4.79 Å². The van der Waals surface area contributed by atoms with Gasteiger partial charge in [-0.1, -0.05) is 30.3 Å². The Bertz CT molecular complexity index is 284. The smallest absolute Gasteiger partial charge is 0.371 e. The number of hydrogen-bond acceptors (Lipinski definition) is 2. The maximum absolute atomic E-state index is 11.1. The molecule has 0 saturated carbocycles. The summed E-state index contributed by atoms with van der Waals surface area (Å²) >= 11 is 0. The Balaban J connectivity index is 2.95. The average molecular weight is 165 g/mol. The van der Waals surface area contributed by atoms with Crippen molar-refractivity contribution in [3.05, 3.63) is 30.3 Å². The van der Waals surface area contributed by atoms with E-state index in [1.54, 1.807) is 30.3 Å². The molecule has 0 spiro atoms. The van der Waals surface area contributed by atoms with E-state index < -0.39 is 14.2 Å². The molecule has 0 aliphatic rings. The number of amides is 1. The minimum absolute atomic E-state index is 0.519. The molecule has 0 bridgehead atoms. The molecule has 4 heteroatoms. The monoisotopic (exact) mass is 165 g/mol. The van der Waals surface area contributed by atoms with E-state index in [1.807, 2.05) is 0 Å². The summed E-state index contributed by atoms with van der Waals surface area (Å²) in [5, 5.41) is 0.519. The normalized spacial score (nSPS) is 9.09. The Labute approximate surface area is 65.5 Å². The zero-order valence-electron chi connectivity index (χ0n) is 5.78. The highest BCUT2D eigenvalue weighted by molar-refractivity contribution is 6.88. The number of benzene rings is 1. The zero-order valence-corrected chi connectivity index (χ0v) is 6.78. The summed E-state index contributed by atoms with van der Waals surface area (Å²) in [6.45, 7) is 0. The van der Waals surface area contributed by atoms with Crippen LogP contribution >= 0.6 is 0 Å². The summed E-state index contributed by atoms with van der Waals surface area (Å²) in [4.78, 5) is 10.5. The summed E-state index contributed by atoms with van der Waals surface area (Å²) in [6.07, 6.45) is 0. The minimum Gasteiger partial charge on any atom is -0.371 e. The van der Waals surface area contributed by atoms with Gasteiger partial charge in [-0.3, -0.25) is 4.79 Å². The molecule has 0 fully saturated rings. The third kappa shape index (κ3) is 1.81. The van der Waals surface area contributed by atoms with Crippen molar-refractivity contribution in [2.24, 2.45) is 5.73 Å². The van der Waals surface area contributed by atoms with Crippen LogP contribution in [0.5, 0.6) is 0 Å². The Kier molecular flexibility index (Phi) is 2.27. The van der Waals surface area contributed by atoms with Gasteiger partial charge in [0.15, 0.2) is 0 Å². The number of rotatable bonds is 2. The second-order valence-corrected chi connectivity index (χ2v) is 3.79. The molecular weight excluding hydrogens is 158 g/mol. The van der Waals surface area contributed by atoms with Crippen LogP contribution in [0.15, 0.2) is 30.3 Å². The van der Waals surface area contributed by atoms with E-state index in [1.165, 1.54) is 0 Å². The molecule has 3 nitrogen and oxygen atoms in total. The fraction of sp³-hybridized carbons (Fsp3) is 0. The predicted octanol–water partition coefficient (Wildman–Crippen LogP) is -0.0240. The van der Waals surface area contributed by atoms with Crippen molar-refractivity contribution >= 4 is 19.4 Å². The Hall–Kier alpha value is -1.29. The molecule has 0 aromatic heterocycles. The molecule has 0 aliphatic heterocycles. The molecule has 1 amide bonds. The van der Waals surface area contributed by atoms with Gasteiger partial charge in [-0.2, -0.15) is 0 Å². The van der Waals surface area contributed by atoms with E-state index >= 15 is 0 Å². The third-order valence-corrected chi connectivity index (χ3v) is 2.57. The number of carbonyl (C=O) groups excluding carboxylic acids is 1. The van der Waals surface area contributed by atoms with Gasteiger partial charge in [0.1, 0.15) is 0 Å². The van der Waals surface area contributed by atoms with Crippen LogP contribution in [0.25, 0.3) is 0 Å². The summed E-state index contributed by atoms with van der Waals surface area (Å²) in [5.74, 6) is 0. The number of nitrogens with two attached hydrogens (primary N) is 1. The second-order valence-electron chi connectivity index (χ2n) is 2.06. The summed E-state index contributed by atoms with van der Waals surface area (Å²) in [6, 6.07) is 8.50. The molecule has 0 unspecified atom stereocenters. The summed E-state index contributed by atoms with van der Waals surface area (Å²) in [7, 11) is -2.40. The molecule has 0 aliphatic carbocycles. The predicted molar refractivity (Wildman–Crippen MR) is 42.1 cm³/mol. The topological polar surface area (TPSA) is 60.2 Å². The van der Waals surface area contributed by atoms with Crippen molar-refractivity contribution < 1.29 is 9.26 Å². The molecule has 1 aromatic rings. The molecule has 1 aromatic carbocycles. The van der Waals surface area contributed by atoms with Crippen LogP contribution in [0.2, 0.25) is 0 Å². The van der Waals surface area contributed by atoms with Gasteiger partial charge in [-0.15, -0.1) is 0 Å². The van der Waals surface area contributed by atoms with Gasteiger partial charge < -0.3 is 10.2 Å². The second kappa shape index (κ2) is 3.20. The van der Waals surface area contributed by atoms with Gasteiger partial charge in [-0.25, -0.2) is 0 Å². The highest BCUT2D eigenvalue weighted by atomic mass is 28.3. The lowest BCUT2D eigenvalue weighted by atomic mass is 10.4. The van der Waals surface area contributed by atoms with Gasteiger partial charge in [0.25, 0.3) is 5.53 Å². The summed E-state index contributed by atoms with van der Waals surface area (Å²) in [5.41, 5.74) is 4.13. The SMILES string of the molecule is NC(=O)[Si](=O)c1ccccc1. The van der Waals surface area contributed by atoms with Gasteiger partial charge in [0.2, 0.25) is 0 Å². The van der Waals surface area contributed by atoms with Gasteiger partial charge in [-0.05, 0) is 0 Å². The molecule has 0 saturated heterocycles. The molecule has 11 heavy (non-hydrogen) atoms. The molecule has 56 valence electrons. The van der Waals surface area contributed by atoms with Crippen molar-refractivity contribution in [1.82, 2.24) is 0 Å². The minimum atomic E-state index is -2.40. The summed E-state index contributed by atoms with van der Waals surface area (Å²) < 4.78 is 11.1. The number of carbonyl (C=O) groups is 1. The van der Waals surface area contributed by atoms with Crippen molar-refractivity contribution in [3.63, 3.8) is 0 Å². The largest absolute Gasteiger partial charge is 0.411 e. The van der Waals surface area contributed by atoms with Gasteiger partial charge >= 0.3 is 8.68 Å². The van der Waals surface area contributed by atoms with E-state index in [-0.39, 0.29) is 0 Å². The first-order chi connectivity index (χ1) is 5.22. The van der Waals surface area contributed by atoms with Crippen LogP contribution in [-0.2, 0) is 4.46 Å². The number of primary amides is 1. The molecular formula is C7H7NO2Si. The molecule has 0 radical (unpaired) electrons. The van der Waals surface area contributed by atoms with Crippen LogP contribution in [0.1, 0.15) is 0 Å². The van der Waals surface area contributed by atoms with Crippen molar-refractivity contribution in [1.29, 1.82) is 0 Å². The number of hydrogen-bond donors (Lipinski definition) is 1. The third-order valence-electron chi connectivity index (χ3n) is 1.26. The first-order valence-electron chi connectivity index (χ1n) is 3.11. The first-order valence-corrected chi connectivity index (χ1v) is 4.52.